The van der Waals surface area contributed by atoms with Gasteiger partial charge in [0.05, 0.1) is 12.6 Å². The molecule has 22 heavy (non-hydrogen) atoms. The lowest BCUT2D eigenvalue weighted by Crippen LogP contribution is -2.71. The fourth-order valence-electron chi connectivity index (χ4n) is 3.75. The molecule has 1 saturated carbocycles. The monoisotopic (exact) mass is 315 g/mol. The Morgan fingerprint density at radius 1 is 1.45 bits per heavy atom. The Morgan fingerprint density at radius 3 is 2.77 bits per heavy atom. The van der Waals surface area contributed by atoms with Crippen LogP contribution in [-0.2, 0) is 10.9 Å². The highest BCUT2D eigenvalue weighted by molar-refractivity contribution is 5.93. The number of carbonyl (C=O) groups is 1. The molecule has 1 amide bonds. The lowest BCUT2D eigenvalue weighted by Gasteiger charge is -2.55. The van der Waals surface area contributed by atoms with Crippen LogP contribution in [0.3, 0.4) is 0 Å². The first-order chi connectivity index (χ1) is 10.4. The molecule has 2 saturated heterocycles. The summed E-state index contributed by atoms with van der Waals surface area (Å²) in [5.74, 6) is -0.0263. The zero-order chi connectivity index (χ0) is 15.5. The minimum Gasteiger partial charge on any atom is -0.371 e. The van der Waals surface area contributed by atoms with Gasteiger partial charge in [0.2, 0.25) is 0 Å². The van der Waals surface area contributed by atoms with E-state index < -0.39 is 17.8 Å². The molecule has 3 fully saturated rings. The topological polar surface area (TPSA) is 58.2 Å². The second-order valence-electron chi connectivity index (χ2n) is 6.40. The number of hydrogen-bond acceptors (Lipinski definition) is 3. The standard InChI is InChI=1S/C14H16F3N3O2/c15-14(16,17)10-6-9(18-19-10)12(21)20-7-13(4-1-5-22-13)11(20)8-2-3-8/h6,8,11H,1-5,7H2,(H,18,19). The van der Waals surface area contributed by atoms with Crippen LogP contribution in [-0.4, -0.2) is 45.8 Å². The number of alkyl halides is 3. The van der Waals surface area contributed by atoms with Gasteiger partial charge in [-0.25, -0.2) is 0 Å². The van der Waals surface area contributed by atoms with Crippen molar-refractivity contribution in [1.82, 2.24) is 15.1 Å². The number of likely N-dealkylation sites (tertiary alicyclic amines) is 1. The number of hydrogen-bond donors (Lipinski definition) is 1. The van der Waals surface area contributed by atoms with Crippen molar-refractivity contribution in [3.8, 4) is 0 Å². The molecule has 120 valence electrons. The predicted octanol–water partition coefficient (Wildman–Crippen LogP) is 2.21. The molecule has 0 aromatic carbocycles. The molecule has 3 aliphatic rings. The van der Waals surface area contributed by atoms with Gasteiger partial charge in [-0.3, -0.25) is 9.89 Å². The Kier molecular flexibility index (Phi) is 2.85. The van der Waals surface area contributed by atoms with Crippen LogP contribution in [0.5, 0.6) is 0 Å². The van der Waals surface area contributed by atoms with Gasteiger partial charge in [-0.15, -0.1) is 0 Å². The van der Waals surface area contributed by atoms with Crippen LogP contribution in [0.25, 0.3) is 0 Å². The molecule has 1 spiro atoms. The highest BCUT2D eigenvalue weighted by Gasteiger charge is 2.62. The Morgan fingerprint density at radius 2 is 2.23 bits per heavy atom. The van der Waals surface area contributed by atoms with E-state index in [0.29, 0.717) is 19.1 Å². The van der Waals surface area contributed by atoms with E-state index in [1.165, 1.54) is 0 Å². The summed E-state index contributed by atoms with van der Waals surface area (Å²) in [6.45, 7) is 1.16. The normalized spacial score (nSPS) is 31.6. The molecular weight excluding hydrogens is 299 g/mol. The van der Waals surface area contributed by atoms with Crippen molar-refractivity contribution in [1.29, 1.82) is 0 Å². The van der Waals surface area contributed by atoms with E-state index >= 15 is 0 Å². The fourth-order valence-corrected chi connectivity index (χ4v) is 3.75. The van der Waals surface area contributed by atoms with Crippen LogP contribution in [0.4, 0.5) is 13.2 Å². The quantitative estimate of drug-likeness (QED) is 0.910. The first-order valence-electron chi connectivity index (χ1n) is 7.48. The molecule has 1 N–H and O–H groups in total. The van der Waals surface area contributed by atoms with Gasteiger partial charge in [-0.2, -0.15) is 18.3 Å². The lowest BCUT2D eigenvalue weighted by atomic mass is 9.78. The summed E-state index contributed by atoms with van der Waals surface area (Å²) in [6, 6.07) is 0.779. The molecule has 1 aromatic rings. The molecule has 2 unspecified atom stereocenters. The molecule has 3 heterocycles. The third-order valence-electron chi connectivity index (χ3n) is 4.88. The van der Waals surface area contributed by atoms with Gasteiger partial charge < -0.3 is 9.64 Å². The fraction of sp³-hybridized carbons (Fsp3) is 0.714. The molecule has 0 radical (unpaired) electrons. The number of halogens is 3. The summed E-state index contributed by atoms with van der Waals surface area (Å²) in [4.78, 5) is 14.1. The highest BCUT2D eigenvalue weighted by atomic mass is 19.4. The number of rotatable bonds is 2. The number of H-pyrrole nitrogens is 1. The van der Waals surface area contributed by atoms with Crippen molar-refractivity contribution >= 4 is 5.91 Å². The maximum Gasteiger partial charge on any atom is 0.432 e. The highest BCUT2D eigenvalue weighted by Crippen LogP contribution is 2.51. The van der Waals surface area contributed by atoms with Crippen molar-refractivity contribution in [3.63, 3.8) is 0 Å². The van der Waals surface area contributed by atoms with Crippen LogP contribution in [0.2, 0.25) is 0 Å². The van der Waals surface area contributed by atoms with E-state index in [1.807, 2.05) is 5.10 Å². The van der Waals surface area contributed by atoms with E-state index in [-0.39, 0.29) is 17.3 Å². The predicted molar refractivity (Wildman–Crippen MR) is 69.1 cm³/mol. The summed E-state index contributed by atoms with van der Waals surface area (Å²) in [5.41, 5.74) is -1.43. The molecular formula is C14H16F3N3O2. The van der Waals surface area contributed by atoms with E-state index in [2.05, 4.69) is 5.10 Å². The molecule has 0 bridgehead atoms. The largest absolute Gasteiger partial charge is 0.432 e. The molecule has 1 aromatic heterocycles. The third kappa shape index (κ3) is 2.04. The average molecular weight is 315 g/mol. The summed E-state index contributed by atoms with van der Waals surface area (Å²) in [5, 5.41) is 5.43. The number of amides is 1. The molecule has 2 aliphatic heterocycles. The van der Waals surface area contributed by atoms with Crippen LogP contribution in [0, 0.1) is 5.92 Å². The summed E-state index contributed by atoms with van der Waals surface area (Å²) in [6.07, 6.45) is -0.522. The van der Waals surface area contributed by atoms with Crippen molar-refractivity contribution < 1.29 is 22.7 Å². The SMILES string of the molecule is O=C(c1cc(C(F)(F)F)[nH]n1)N1CC2(CCCO2)C1C1CC1. The summed E-state index contributed by atoms with van der Waals surface area (Å²) < 4.78 is 43.7. The van der Waals surface area contributed by atoms with Crippen LogP contribution in [0.1, 0.15) is 41.9 Å². The number of aromatic nitrogens is 2. The number of nitrogens with zero attached hydrogens (tertiary/aromatic N) is 2. The van der Waals surface area contributed by atoms with Gasteiger partial charge in [0.15, 0.2) is 5.69 Å². The average Bonchev–Trinajstić information content (AvgIpc) is 2.98. The first-order valence-corrected chi connectivity index (χ1v) is 7.48. The molecule has 4 rings (SSSR count). The van der Waals surface area contributed by atoms with E-state index in [4.69, 9.17) is 4.74 Å². The maximum absolute atomic E-state index is 12.6. The Balaban J connectivity index is 1.54. The van der Waals surface area contributed by atoms with Crippen molar-refractivity contribution in [2.45, 2.75) is 43.5 Å². The summed E-state index contributed by atoms with van der Waals surface area (Å²) >= 11 is 0. The van der Waals surface area contributed by atoms with Gasteiger partial charge in [-0.1, -0.05) is 0 Å². The van der Waals surface area contributed by atoms with Crippen LogP contribution in [0.15, 0.2) is 6.07 Å². The van der Waals surface area contributed by atoms with Crippen LogP contribution < -0.4 is 0 Å². The first kappa shape index (κ1) is 14.0. The number of nitrogens with one attached hydrogen (secondary N) is 1. The Bertz CT molecular complexity index is 603. The van der Waals surface area contributed by atoms with Gasteiger partial charge in [0.1, 0.15) is 11.3 Å². The number of ether oxygens (including phenoxy) is 1. The second-order valence-corrected chi connectivity index (χ2v) is 6.40. The third-order valence-corrected chi connectivity index (χ3v) is 4.88. The molecule has 1 aliphatic carbocycles. The van der Waals surface area contributed by atoms with Gasteiger partial charge >= 0.3 is 6.18 Å². The molecule has 2 atom stereocenters. The van der Waals surface area contributed by atoms with E-state index in [9.17, 15) is 18.0 Å². The zero-order valence-corrected chi connectivity index (χ0v) is 11.8. The van der Waals surface area contributed by atoms with Crippen molar-refractivity contribution in [2.75, 3.05) is 13.2 Å². The minimum atomic E-state index is -4.52. The Labute approximate surface area is 124 Å². The van der Waals surface area contributed by atoms with E-state index in [1.54, 1.807) is 4.90 Å². The van der Waals surface area contributed by atoms with Gasteiger partial charge in [0, 0.05) is 12.7 Å². The van der Waals surface area contributed by atoms with Gasteiger partial charge in [0.25, 0.3) is 5.91 Å². The van der Waals surface area contributed by atoms with Crippen molar-refractivity contribution in [2.24, 2.45) is 5.92 Å². The Hall–Kier alpha value is -1.57. The smallest absolute Gasteiger partial charge is 0.371 e. The minimum absolute atomic E-state index is 0.00598. The van der Waals surface area contributed by atoms with E-state index in [0.717, 1.165) is 31.7 Å². The number of aromatic amines is 1. The molecule has 8 heteroatoms. The molecule has 5 nitrogen and oxygen atoms in total. The zero-order valence-electron chi connectivity index (χ0n) is 11.8. The van der Waals surface area contributed by atoms with Gasteiger partial charge in [-0.05, 0) is 31.6 Å². The second kappa shape index (κ2) is 4.47. The lowest BCUT2D eigenvalue weighted by molar-refractivity contribution is -0.149. The maximum atomic E-state index is 12.6. The number of carbonyl (C=O) groups excluding carboxylic acids is 1. The van der Waals surface area contributed by atoms with Crippen LogP contribution >= 0.6 is 0 Å². The van der Waals surface area contributed by atoms with Crippen molar-refractivity contribution in [3.05, 3.63) is 17.5 Å². The summed E-state index contributed by atoms with van der Waals surface area (Å²) in [7, 11) is 0.